The predicted molar refractivity (Wildman–Crippen MR) is 87.2 cm³/mol. The number of nitrogens with one attached hydrogen (secondary N) is 1. The van der Waals surface area contributed by atoms with Crippen molar-refractivity contribution in [1.82, 2.24) is 5.32 Å². The van der Waals surface area contributed by atoms with E-state index in [-0.39, 0.29) is 13.2 Å². The van der Waals surface area contributed by atoms with Crippen molar-refractivity contribution in [3.63, 3.8) is 0 Å². The maximum Gasteiger partial charge on any atom is 0.407 e. The van der Waals surface area contributed by atoms with Gasteiger partial charge in [-0.2, -0.15) is 0 Å². The van der Waals surface area contributed by atoms with Crippen LogP contribution in [0.25, 0.3) is 0 Å². The van der Waals surface area contributed by atoms with Gasteiger partial charge >= 0.3 is 6.09 Å². The maximum absolute atomic E-state index is 11.7. The summed E-state index contributed by atoms with van der Waals surface area (Å²) in [5.41, 5.74) is 0.393. The van der Waals surface area contributed by atoms with E-state index in [1.54, 1.807) is 38.3 Å². The van der Waals surface area contributed by atoms with Gasteiger partial charge in [0, 0.05) is 0 Å². The number of rotatable bonds is 6. The van der Waals surface area contributed by atoms with E-state index in [0.29, 0.717) is 11.3 Å². The van der Waals surface area contributed by atoms with Crippen LogP contribution in [0, 0.1) is 0 Å². The third kappa shape index (κ3) is 5.00. The Labute approximate surface area is 135 Å². The van der Waals surface area contributed by atoms with E-state index in [4.69, 9.17) is 9.47 Å². The third-order valence-electron chi connectivity index (χ3n) is 3.50. The van der Waals surface area contributed by atoms with Crippen LogP contribution in [0.1, 0.15) is 18.1 Å². The molecule has 0 aliphatic carbocycles. The quantitative estimate of drug-likeness (QED) is 0.860. The highest BCUT2D eigenvalue weighted by molar-refractivity contribution is 5.67. The minimum absolute atomic E-state index is 0.0486. The van der Waals surface area contributed by atoms with Gasteiger partial charge < -0.3 is 19.9 Å². The molecular formula is C18H21NO4. The number of hydrogen-bond donors (Lipinski definition) is 2. The summed E-state index contributed by atoms with van der Waals surface area (Å²) in [5.74, 6) is 0.708. The Kier molecular flexibility index (Phi) is 5.60. The summed E-state index contributed by atoms with van der Waals surface area (Å²) in [7, 11) is 1.58. The van der Waals surface area contributed by atoms with Crippen molar-refractivity contribution in [2.45, 2.75) is 19.1 Å². The number of ether oxygens (including phenoxy) is 2. The number of carbonyl (C=O) groups excluding carboxylic acids is 1. The summed E-state index contributed by atoms with van der Waals surface area (Å²) >= 11 is 0. The van der Waals surface area contributed by atoms with Crippen LogP contribution in [0.15, 0.2) is 54.6 Å². The Morgan fingerprint density at radius 3 is 2.39 bits per heavy atom. The molecule has 0 saturated carbocycles. The van der Waals surface area contributed by atoms with Crippen LogP contribution in [0.3, 0.4) is 0 Å². The van der Waals surface area contributed by atoms with Gasteiger partial charge in [0.05, 0.1) is 13.7 Å². The summed E-state index contributed by atoms with van der Waals surface area (Å²) in [6.07, 6.45) is -0.567. The van der Waals surface area contributed by atoms with Crippen molar-refractivity contribution in [2.75, 3.05) is 13.7 Å². The second-order valence-electron chi connectivity index (χ2n) is 5.42. The molecular weight excluding hydrogens is 294 g/mol. The molecule has 1 amide bonds. The summed E-state index contributed by atoms with van der Waals surface area (Å²) < 4.78 is 10.2. The largest absolute Gasteiger partial charge is 0.497 e. The highest BCUT2D eigenvalue weighted by Gasteiger charge is 2.24. The fourth-order valence-corrected chi connectivity index (χ4v) is 2.07. The molecule has 1 atom stereocenters. The third-order valence-corrected chi connectivity index (χ3v) is 3.50. The Hall–Kier alpha value is -2.53. The van der Waals surface area contributed by atoms with Gasteiger partial charge in [0.1, 0.15) is 18.0 Å². The molecule has 0 aromatic heterocycles. The van der Waals surface area contributed by atoms with Gasteiger partial charge in [-0.15, -0.1) is 0 Å². The van der Waals surface area contributed by atoms with E-state index >= 15 is 0 Å². The summed E-state index contributed by atoms with van der Waals surface area (Å²) in [5, 5.41) is 13.1. The minimum Gasteiger partial charge on any atom is -0.497 e. The molecule has 0 saturated heterocycles. The van der Waals surface area contributed by atoms with Gasteiger partial charge in [-0.1, -0.05) is 42.5 Å². The smallest absolute Gasteiger partial charge is 0.407 e. The highest BCUT2D eigenvalue weighted by atomic mass is 16.5. The molecule has 0 radical (unpaired) electrons. The summed E-state index contributed by atoms with van der Waals surface area (Å²) in [4.78, 5) is 11.7. The van der Waals surface area contributed by atoms with E-state index in [1.807, 2.05) is 30.3 Å². The van der Waals surface area contributed by atoms with Crippen molar-refractivity contribution < 1.29 is 19.4 Å². The lowest BCUT2D eigenvalue weighted by atomic mass is 9.96. The molecule has 2 aromatic rings. The minimum atomic E-state index is -1.20. The van der Waals surface area contributed by atoms with Crippen molar-refractivity contribution in [3.05, 3.63) is 65.7 Å². The molecule has 2 N–H and O–H groups in total. The van der Waals surface area contributed by atoms with Gasteiger partial charge in [0.15, 0.2) is 0 Å². The van der Waals surface area contributed by atoms with Crippen LogP contribution in [0.5, 0.6) is 5.75 Å². The van der Waals surface area contributed by atoms with Crippen molar-refractivity contribution in [1.29, 1.82) is 0 Å². The fourth-order valence-electron chi connectivity index (χ4n) is 2.07. The number of methoxy groups -OCH3 is 1. The van der Waals surface area contributed by atoms with E-state index in [0.717, 1.165) is 5.56 Å². The second kappa shape index (κ2) is 7.65. The highest BCUT2D eigenvalue weighted by Crippen LogP contribution is 2.22. The zero-order chi connectivity index (χ0) is 16.7. The normalized spacial score (nSPS) is 13.0. The van der Waals surface area contributed by atoms with Crippen LogP contribution in [-0.2, 0) is 16.9 Å². The van der Waals surface area contributed by atoms with Gasteiger partial charge in [-0.05, 0) is 30.2 Å². The average Bonchev–Trinajstić information content (AvgIpc) is 2.59. The lowest BCUT2D eigenvalue weighted by Gasteiger charge is -2.24. The number of benzene rings is 2. The van der Waals surface area contributed by atoms with E-state index in [9.17, 15) is 9.90 Å². The lowest BCUT2D eigenvalue weighted by molar-refractivity contribution is 0.0529. The Morgan fingerprint density at radius 2 is 1.78 bits per heavy atom. The molecule has 2 rings (SSSR count). The number of carbonyl (C=O) groups is 1. The Morgan fingerprint density at radius 1 is 1.13 bits per heavy atom. The number of aliphatic hydroxyl groups is 1. The van der Waals surface area contributed by atoms with E-state index in [2.05, 4.69) is 5.32 Å². The van der Waals surface area contributed by atoms with Crippen molar-refractivity contribution in [3.8, 4) is 5.75 Å². The molecule has 5 nitrogen and oxygen atoms in total. The number of alkyl carbamates (subject to hydrolysis) is 1. The van der Waals surface area contributed by atoms with Gasteiger partial charge in [0.2, 0.25) is 0 Å². The molecule has 0 spiro atoms. The lowest BCUT2D eigenvalue weighted by Crippen LogP contribution is -2.38. The van der Waals surface area contributed by atoms with Crippen LogP contribution >= 0.6 is 0 Å². The number of amides is 1. The fraction of sp³-hybridized carbons (Fsp3) is 0.278. The van der Waals surface area contributed by atoms with Crippen LogP contribution < -0.4 is 10.1 Å². The number of hydrogen-bond acceptors (Lipinski definition) is 4. The molecule has 23 heavy (non-hydrogen) atoms. The van der Waals surface area contributed by atoms with E-state index < -0.39 is 11.7 Å². The summed E-state index contributed by atoms with van der Waals surface area (Å²) in [6.45, 7) is 1.87. The molecule has 0 heterocycles. The first-order chi connectivity index (χ1) is 11.0. The van der Waals surface area contributed by atoms with Gasteiger partial charge in [0.25, 0.3) is 0 Å². The molecule has 0 fully saturated rings. The average molecular weight is 315 g/mol. The molecule has 1 unspecified atom stereocenters. The second-order valence-corrected chi connectivity index (χ2v) is 5.42. The summed E-state index contributed by atoms with van der Waals surface area (Å²) in [6, 6.07) is 16.5. The Bertz CT molecular complexity index is 623. The molecule has 2 aromatic carbocycles. The first-order valence-corrected chi connectivity index (χ1v) is 7.33. The standard InChI is InChI=1S/C18H21NO4/c1-18(21,15-8-10-16(22-2)11-9-15)13-19-17(20)23-12-14-6-4-3-5-7-14/h3-11,21H,12-13H2,1-2H3,(H,19,20). The van der Waals surface area contributed by atoms with Crippen molar-refractivity contribution in [2.24, 2.45) is 0 Å². The molecule has 0 aliphatic heterocycles. The Balaban J connectivity index is 1.84. The van der Waals surface area contributed by atoms with Crippen molar-refractivity contribution >= 4 is 6.09 Å². The topological polar surface area (TPSA) is 67.8 Å². The van der Waals surface area contributed by atoms with E-state index in [1.165, 1.54) is 0 Å². The van der Waals surface area contributed by atoms with Gasteiger partial charge in [-0.25, -0.2) is 4.79 Å². The molecule has 122 valence electrons. The first-order valence-electron chi connectivity index (χ1n) is 7.33. The monoisotopic (exact) mass is 315 g/mol. The zero-order valence-electron chi connectivity index (χ0n) is 13.3. The van der Waals surface area contributed by atoms with Crippen LogP contribution in [-0.4, -0.2) is 24.9 Å². The maximum atomic E-state index is 11.7. The SMILES string of the molecule is COc1ccc(C(C)(O)CNC(=O)OCc2ccccc2)cc1. The molecule has 0 aliphatic rings. The van der Waals surface area contributed by atoms with Crippen LogP contribution in [0.2, 0.25) is 0 Å². The zero-order valence-corrected chi connectivity index (χ0v) is 13.3. The van der Waals surface area contributed by atoms with Gasteiger partial charge in [-0.3, -0.25) is 0 Å². The molecule has 5 heteroatoms. The molecule has 0 bridgehead atoms. The first kappa shape index (κ1) is 16.8. The predicted octanol–water partition coefficient (Wildman–Crippen LogP) is 2.83. The van der Waals surface area contributed by atoms with Crippen LogP contribution in [0.4, 0.5) is 4.79 Å².